The Bertz CT molecular complexity index is 687. The van der Waals surface area contributed by atoms with E-state index in [1.165, 1.54) is 0 Å². The number of aromatic amines is 1. The highest BCUT2D eigenvalue weighted by Gasteiger charge is 2.11. The van der Waals surface area contributed by atoms with Crippen molar-refractivity contribution in [3.8, 4) is 17.1 Å². The van der Waals surface area contributed by atoms with Crippen molar-refractivity contribution in [3.05, 3.63) is 49.3 Å². The highest BCUT2D eigenvalue weighted by molar-refractivity contribution is 5.74. The molecule has 0 radical (unpaired) electrons. The molecule has 0 unspecified atom stereocenters. The van der Waals surface area contributed by atoms with E-state index >= 15 is 0 Å². The van der Waals surface area contributed by atoms with Crippen LogP contribution < -0.4 is 4.74 Å². The van der Waals surface area contributed by atoms with Gasteiger partial charge in [-0.15, -0.1) is 0 Å². The van der Waals surface area contributed by atoms with Crippen LogP contribution >= 0.6 is 0 Å². The molecular formula is C14H12N4O. The number of rotatable bonds is 4. The maximum absolute atomic E-state index is 5.62. The third kappa shape index (κ3) is 2.18. The van der Waals surface area contributed by atoms with E-state index in [9.17, 15) is 0 Å². The smallest absolute Gasteiger partial charge is 0.197 e. The number of hydrogen-bond acceptors (Lipinski definition) is 4. The third-order valence-corrected chi connectivity index (χ3v) is 2.63. The molecule has 0 amide bonds. The molecule has 94 valence electrons. The zero-order chi connectivity index (χ0) is 13.1. The molecule has 0 bridgehead atoms. The Balaban J connectivity index is 2.07. The first-order valence-electron chi connectivity index (χ1n) is 5.88. The van der Waals surface area contributed by atoms with E-state index in [1.807, 2.05) is 24.3 Å². The van der Waals surface area contributed by atoms with E-state index in [1.54, 1.807) is 18.5 Å². The number of fused-ring (bicyclic) bond motifs is 1. The minimum absolute atomic E-state index is 0.452. The van der Waals surface area contributed by atoms with Crippen LogP contribution in [-0.2, 0) is 0 Å². The lowest BCUT2D eigenvalue weighted by molar-refractivity contribution is 0.364. The molecule has 3 rings (SSSR count). The van der Waals surface area contributed by atoms with Gasteiger partial charge in [0.1, 0.15) is 18.2 Å². The van der Waals surface area contributed by atoms with Gasteiger partial charge in [0.2, 0.25) is 0 Å². The quantitative estimate of drug-likeness (QED) is 0.725. The van der Waals surface area contributed by atoms with Crippen LogP contribution in [0.2, 0.25) is 0 Å². The molecule has 0 aliphatic rings. The van der Waals surface area contributed by atoms with Crippen LogP contribution in [0.1, 0.15) is 0 Å². The average Bonchev–Trinajstić information content (AvgIpc) is 2.89. The molecule has 19 heavy (non-hydrogen) atoms. The van der Waals surface area contributed by atoms with E-state index in [4.69, 9.17) is 4.74 Å². The van der Waals surface area contributed by atoms with Crippen LogP contribution in [0.3, 0.4) is 0 Å². The van der Waals surface area contributed by atoms with Crippen molar-refractivity contribution >= 4 is 11.3 Å². The summed E-state index contributed by atoms with van der Waals surface area (Å²) in [5.74, 6) is 1.45. The predicted molar refractivity (Wildman–Crippen MR) is 72.8 cm³/mol. The van der Waals surface area contributed by atoms with Crippen molar-refractivity contribution in [2.24, 2.45) is 0 Å². The number of nitrogens with zero attached hydrogens (tertiary/aromatic N) is 3. The molecule has 0 fully saturated rings. The molecule has 0 spiro atoms. The van der Waals surface area contributed by atoms with Crippen LogP contribution in [0.4, 0.5) is 0 Å². The summed E-state index contributed by atoms with van der Waals surface area (Å²) >= 11 is 0. The van der Waals surface area contributed by atoms with Crippen molar-refractivity contribution in [1.82, 2.24) is 19.9 Å². The fourth-order valence-corrected chi connectivity index (χ4v) is 1.81. The second-order valence-corrected chi connectivity index (χ2v) is 3.91. The van der Waals surface area contributed by atoms with Crippen LogP contribution in [0, 0.1) is 0 Å². The van der Waals surface area contributed by atoms with E-state index in [2.05, 4.69) is 26.5 Å². The van der Waals surface area contributed by atoms with Crippen molar-refractivity contribution in [1.29, 1.82) is 0 Å². The number of aromatic nitrogens is 4. The normalized spacial score (nSPS) is 10.5. The Hall–Kier alpha value is -2.69. The number of nitrogens with one attached hydrogen (secondary N) is 1. The van der Waals surface area contributed by atoms with Gasteiger partial charge in [-0.1, -0.05) is 24.8 Å². The molecule has 0 saturated carbocycles. The number of imidazole rings is 1. The van der Waals surface area contributed by atoms with E-state index in [-0.39, 0.29) is 0 Å². The number of H-pyrrole nitrogens is 1. The van der Waals surface area contributed by atoms with Crippen LogP contribution in [0.25, 0.3) is 22.7 Å². The summed E-state index contributed by atoms with van der Waals surface area (Å²) in [7, 11) is 0. The van der Waals surface area contributed by atoms with Gasteiger partial charge in [0, 0.05) is 12.4 Å². The Morgan fingerprint density at radius 1 is 1.21 bits per heavy atom. The van der Waals surface area contributed by atoms with Crippen molar-refractivity contribution < 1.29 is 4.74 Å². The van der Waals surface area contributed by atoms with Gasteiger partial charge in [-0.3, -0.25) is 0 Å². The van der Waals surface area contributed by atoms with E-state index in [0.29, 0.717) is 23.7 Å². The summed E-state index contributed by atoms with van der Waals surface area (Å²) < 4.78 is 5.62. The maximum Gasteiger partial charge on any atom is 0.197 e. The number of ether oxygens (including phenoxy) is 1. The molecule has 0 saturated heterocycles. The van der Waals surface area contributed by atoms with Gasteiger partial charge in [0.25, 0.3) is 0 Å². The standard InChI is InChI=1S/C14H12N4O/c1-2-9-19-11-6-4-3-5-10(11)12-17-13-14(18-12)16-8-7-15-13/h2-8H,1,9H2,(H,15,16,17,18). The highest BCUT2D eigenvalue weighted by atomic mass is 16.5. The Labute approximate surface area is 110 Å². The van der Waals surface area contributed by atoms with E-state index in [0.717, 1.165) is 11.3 Å². The van der Waals surface area contributed by atoms with Crippen LogP contribution in [0.15, 0.2) is 49.3 Å². The first-order chi connectivity index (χ1) is 9.38. The fraction of sp³-hybridized carbons (Fsp3) is 0.0714. The van der Waals surface area contributed by atoms with Crippen molar-refractivity contribution in [2.45, 2.75) is 0 Å². The zero-order valence-corrected chi connectivity index (χ0v) is 10.2. The monoisotopic (exact) mass is 252 g/mol. The summed E-state index contributed by atoms with van der Waals surface area (Å²) in [6.07, 6.45) is 4.95. The second kappa shape index (κ2) is 4.89. The molecule has 5 nitrogen and oxygen atoms in total. The Kier molecular flexibility index (Phi) is 2.94. The fourth-order valence-electron chi connectivity index (χ4n) is 1.81. The predicted octanol–water partition coefficient (Wildman–Crippen LogP) is 2.58. The summed E-state index contributed by atoms with van der Waals surface area (Å²) in [5.41, 5.74) is 2.14. The first-order valence-corrected chi connectivity index (χ1v) is 5.88. The minimum Gasteiger partial charge on any atom is -0.489 e. The lowest BCUT2D eigenvalue weighted by Gasteiger charge is -2.07. The molecule has 3 aromatic rings. The first kappa shape index (κ1) is 11.4. The molecule has 0 atom stereocenters. The SMILES string of the molecule is C=CCOc1ccccc1-c1nc2nccnc2[nH]1. The second-order valence-electron chi connectivity index (χ2n) is 3.91. The molecule has 1 N–H and O–H groups in total. The molecule has 5 heteroatoms. The Morgan fingerprint density at radius 3 is 2.89 bits per heavy atom. The third-order valence-electron chi connectivity index (χ3n) is 2.63. The van der Waals surface area contributed by atoms with Crippen LogP contribution in [0.5, 0.6) is 5.75 Å². The summed E-state index contributed by atoms with van der Waals surface area (Å²) in [6, 6.07) is 7.69. The van der Waals surface area contributed by atoms with Gasteiger partial charge >= 0.3 is 0 Å². The van der Waals surface area contributed by atoms with Gasteiger partial charge in [0.05, 0.1) is 5.56 Å². The molecular weight excluding hydrogens is 240 g/mol. The van der Waals surface area contributed by atoms with Crippen molar-refractivity contribution in [2.75, 3.05) is 6.61 Å². The van der Waals surface area contributed by atoms with Crippen molar-refractivity contribution in [3.63, 3.8) is 0 Å². The largest absolute Gasteiger partial charge is 0.489 e. The summed E-state index contributed by atoms with van der Waals surface area (Å²) in [6.45, 7) is 4.10. The topological polar surface area (TPSA) is 63.7 Å². The average molecular weight is 252 g/mol. The van der Waals surface area contributed by atoms with Gasteiger partial charge < -0.3 is 9.72 Å². The van der Waals surface area contributed by atoms with Gasteiger partial charge in [0.15, 0.2) is 11.3 Å². The Morgan fingerprint density at radius 2 is 2.05 bits per heavy atom. The molecule has 0 aliphatic heterocycles. The van der Waals surface area contributed by atoms with Gasteiger partial charge in [-0.25, -0.2) is 15.0 Å². The lowest BCUT2D eigenvalue weighted by atomic mass is 10.2. The molecule has 1 aromatic carbocycles. The minimum atomic E-state index is 0.452. The number of benzene rings is 1. The van der Waals surface area contributed by atoms with Gasteiger partial charge in [-0.2, -0.15) is 0 Å². The van der Waals surface area contributed by atoms with Crippen LogP contribution in [-0.4, -0.2) is 26.5 Å². The number of para-hydroxylation sites is 1. The van der Waals surface area contributed by atoms with Gasteiger partial charge in [-0.05, 0) is 12.1 Å². The number of hydrogen-bond donors (Lipinski definition) is 1. The summed E-state index contributed by atoms with van der Waals surface area (Å²) in [5, 5.41) is 0. The zero-order valence-electron chi connectivity index (χ0n) is 10.2. The molecule has 2 heterocycles. The summed E-state index contributed by atoms with van der Waals surface area (Å²) in [4.78, 5) is 15.9. The molecule has 2 aromatic heterocycles. The van der Waals surface area contributed by atoms with E-state index < -0.39 is 0 Å². The lowest BCUT2D eigenvalue weighted by Crippen LogP contribution is -1.95. The molecule has 0 aliphatic carbocycles. The highest BCUT2D eigenvalue weighted by Crippen LogP contribution is 2.28. The maximum atomic E-state index is 5.62.